The van der Waals surface area contributed by atoms with E-state index in [1.165, 1.54) is 24.2 Å². The highest BCUT2D eigenvalue weighted by Gasteiger charge is 2.27. The Hall–Kier alpha value is -4.11. The van der Waals surface area contributed by atoms with E-state index in [-0.39, 0.29) is 28.8 Å². The van der Waals surface area contributed by atoms with Gasteiger partial charge in [0.15, 0.2) is 22.3 Å². The molecule has 216 valence electrons. The number of fused-ring (bicyclic) bond motifs is 1. The van der Waals surface area contributed by atoms with Crippen LogP contribution in [0.15, 0.2) is 18.3 Å². The highest BCUT2D eigenvalue weighted by Crippen LogP contribution is 2.34. The number of carbonyl (C=O) groups is 2. The number of halogens is 3. The second kappa shape index (κ2) is 12.0. The van der Waals surface area contributed by atoms with Gasteiger partial charge in [-0.2, -0.15) is 9.49 Å². The predicted molar refractivity (Wildman–Crippen MR) is 139 cm³/mol. The number of nitrogens with zero attached hydrogens (tertiary/aromatic N) is 5. The van der Waals surface area contributed by atoms with E-state index in [0.717, 1.165) is 17.7 Å². The van der Waals surface area contributed by atoms with Crippen molar-refractivity contribution in [3.05, 3.63) is 56.5 Å². The Morgan fingerprint density at radius 1 is 1.27 bits per heavy atom. The first-order valence-electron chi connectivity index (χ1n) is 11.7. The lowest BCUT2D eigenvalue weighted by Crippen LogP contribution is -2.36. The van der Waals surface area contributed by atoms with Gasteiger partial charge >= 0.3 is 11.8 Å². The SMILES string of the molecule is COc1c([N+](=O)[O-])cc(COC[C@@H](C)NC(=O)c2cnc3c(N(C)C(=O)OC(C)(C)C)cc(Cl)nn23)c(F)c1F. The molecule has 0 saturated carbocycles. The largest absolute Gasteiger partial charge is 0.488 e. The summed E-state index contributed by atoms with van der Waals surface area (Å²) in [5.41, 5.74) is -1.51. The van der Waals surface area contributed by atoms with E-state index in [4.69, 9.17) is 21.1 Å². The lowest BCUT2D eigenvalue weighted by atomic mass is 10.1. The summed E-state index contributed by atoms with van der Waals surface area (Å²) in [6.45, 7) is 6.05. The van der Waals surface area contributed by atoms with E-state index in [1.54, 1.807) is 27.7 Å². The Morgan fingerprint density at radius 2 is 1.95 bits per heavy atom. The van der Waals surface area contributed by atoms with Gasteiger partial charge in [-0.1, -0.05) is 11.6 Å². The van der Waals surface area contributed by atoms with Gasteiger partial charge in [-0.25, -0.2) is 18.7 Å². The third-order valence-corrected chi connectivity index (χ3v) is 5.49. The first kappa shape index (κ1) is 30.4. The molecule has 2 aromatic heterocycles. The van der Waals surface area contributed by atoms with Crippen LogP contribution < -0.4 is 15.0 Å². The molecule has 0 aliphatic heterocycles. The standard InChI is InChI=1S/C24H27ClF2N6O7/c1-12(10-39-11-13-7-14(33(36)37)20(38-6)19(27)18(13)26)29-22(34)16-9-28-21-15(8-17(25)30-32(16)21)31(5)23(35)40-24(2,3)4/h7-9,12H,10-11H2,1-6H3,(H,29,34)/t12-/m1/s1. The summed E-state index contributed by atoms with van der Waals surface area (Å²) in [5.74, 6) is -4.30. The second-order valence-corrected chi connectivity index (χ2v) is 10.0. The van der Waals surface area contributed by atoms with Crippen molar-refractivity contribution in [1.29, 1.82) is 0 Å². The lowest BCUT2D eigenvalue weighted by Gasteiger charge is -2.24. The van der Waals surface area contributed by atoms with Crippen LogP contribution in [0.4, 0.5) is 25.0 Å². The predicted octanol–water partition coefficient (Wildman–Crippen LogP) is 4.28. The number of anilines is 1. The van der Waals surface area contributed by atoms with Gasteiger partial charge < -0.3 is 19.5 Å². The van der Waals surface area contributed by atoms with Crippen molar-refractivity contribution < 1.29 is 37.5 Å². The topological polar surface area (TPSA) is 150 Å². The molecule has 40 heavy (non-hydrogen) atoms. The molecule has 16 heteroatoms. The van der Waals surface area contributed by atoms with Crippen LogP contribution in [-0.2, 0) is 16.1 Å². The maximum absolute atomic E-state index is 14.3. The van der Waals surface area contributed by atoms with Crippen LogP contribution in [-0.4, -0.2) is 63.9 Å². The number of aromatic nitrogens is 3. The minimum absolute atomic E-state index is 0.0120. The average Bonchev–Trinajstić information content (AvgIpc) is 3.28. The van der Waals surface area contributed by atoms with Crippen LogP contribution in [0.25, 0.3) is 5.65 Å². The number of nitro benzene ring substituents is 1. The summed E-state index contributed by atoms with van der Waals surface area (Å²) >= 11 is 6.15. The van der Waals surface area contributed by atoms with Crippen LogP contribution in [0.3, 0.4) is 0 Å². The molecule has 0 fully saturated rings. The number of imidazole rings is 1. The van der Waals surface area contributed by atoms with Gasteiger partial charge in [0.2, 0.25) is 11.6 Å². The molecule has 0 unspecified atom stereocenters. The van der Waals surface area contributed by atoms with Crippen molar-refractivity contribution in [2.45, 2.75) is 45.9 Å². The van der Waals surface area contributed by atoms with Crippen molar-refractivity contribution in [3.63, 3.8) is 0 Å². The molecular formula is C24H27ClF2N6O7. The Kier molecular flexibility index (Phi) is 9.10. The maximum Gasteiger partial charge on any atom is 0.414 e. The molecular weight excluding hydrogens is 558 g/mol. The van der Waals surface area contributed by atoms with Crippen LogP contribution in [0, 0.1) is 21.7 Å². The number of rotatable bonds is 9. The summed E-state index contributed by atoms with van der Waals surface area (Å²) in [6, 6.07) is 1.57. The maximum atomic E-state index is 14.3. The fraction of sp³-hybridized carbons (Fsp3) is 0.417. The number of ether oxygens (including phenoxy) is 3. The summed E-state index contributed by atoms with van der Waals surface area (Å²) in [6.07, 6.45) is 0.567. The third-order valence-electron chi connectivity index (χ3n) is 5.30. The molecule has 13 nitrogen and oxygen atoms in total. The van der Waals surface area contributed by atoms with Gasteiger partial charge in [0.1, 0.15) is 5.60 Å². The zero-order valence-electron chi connectivity index (χ0n) is 22.5. The Balaban J connectivity index is 1.72. The summed E-state index contributed by atoms with van der Waals surface area (Å²) in [7, 11) is 2.44. The fourth-order valence-electron chi connectivity index (χ4n) is 3.52. The third kappa shape index (κ3) is 6.71. The van der Waals surface area contributed by atoms with Gasteiger partial charge in [-0.3, -0.25) is 19.8 Å². The Bertz CT molecular complexity index is 1460. The number of benzene rings is 1. The Morgan fingerprint density at radius 3 is 2.55 bits per heavy atom. The van der Waals surface area contributed by atoms with Gasteiger partial charge in [-0.15, -0.1) is 0 Å². The van der Waals surface area contributed by atoms with Gasteiger partial charge in [-0.05, 0) is 27.7 Å². The molecule has 0 bridgehead atoms. The monoisotopic (exact) mass is 584 g/mol. The smallest absolute Gasteiger partial charge is 0.414 e. The summed E-state index contributed by atoms with van der Waals surface area (Å²) < 4.78 is 45.0. The van der Waals surface area contributed by atoms with E-state index in [1.807, 2.05) is 0 Å². The van der Waals surface area contributed by atoms with Crippen LogP contribution in [0.5, 0.6) is 5.75 Å². The molecule has 0 aliphatic rings. The molecule has 2 heterocycles. The Labute approximate surface area is 232 Å². The van der Waals surface area contributed by atoms with Gasteiger partial charge in [0, 0.05) is 30.8 Å². The van der Waals surface area contributed by atoms with Crippen molar-refractivity contribution in [2.24, 2.45) is 0 Å². The normalized spacial score (nSPS) is 12.2. The number of nitrogens with one attached hydrogen (secondary N) is 1. The number of nitro groups is 1. The zero-order valence-corrected chi connectivity index (χ0v) is 23.2. The van der Waals surface area contributed by atoms with Crippen molar-refractivity contribution in [3.8, 4) is 5.75 Å². The second-order valence-electron chi connectivity index (χ2n) is 9.63. The minimum atomic E-state index is -1.51. The number of carbonyl (C=O) groups excluding carboxylic acids is 2. The van der Waals surface area contributed by atoms with Crippen molar-refractivity contribution >= 4 is 40.6 Å². The average molecular weight is 585 g/mol. The number of hydrogen-bond donors (Lipinski definition) is 1. The van der Waals surface area contributed by atoms with E-state index in [0.29, 0.717) is 0 Å². The molecule has 0 spiro atoms. The number of hydrogen-bond acceptors (Lipinski definition) is 9. The zero-order chi connectivity index (χ0) is 29.9. The molecule has 1 atom stereocenters. The van der Waals surface area contributed by atoms with Gasteiger partial charge in [0.05, 0.1) is 37.1 Å². The van der Waals surface area contributed by atoms with Crippen molar-refractivity contribution in [1.82, 2.24) is 19.9 Å². The molecule has 1 aromatic carbocycles. The molecule has 2 amide bonds. The first-order chi connectivity index (χ1) is 18.6. The lowest BCUT2D eigenvalue weighted by molar-refractivity contribution is -0.386. The molecule has 0 radical (unpaired) electrons. The summed E-state index contributed by atoms with van der Waals surface area (Å²) in [4.78, 5) is 41.2. The van der Waals surface area contributed by atoms with Crippen LogP contribution >= 0.6 is 11.6 Å². The highest BCUT2D eigenvalue weighted by molar-refractivity contribution is 6.29. The van der Waals surface area contributed by atoms with E-state index < -0.39 is 63.8 Å². The minimum Gasteiger partial charge on any atom is -0.488 e. The number of amides is 2. The highest BCUT2D eigenvalue weighted by atomic mass is 35.5. The fourth-order valence-corrected chi connectivity index (χ4v) is 3.70. The van der Waals surface area contributed by atoms with Gasteiger partial charge in [0.25, 0.3) is 5.91 Å². The molecule has 3 rings (SSSR count). The summed E-state index contributed by atoms with van der Waals surface area (Å²) in [5, 5.41) is 17.9. The van der Waals surface area contributed by atoms with Crippen LogP contribution in [0.2, 0.25) is 5.15 Å². The number of methoxy groups -OCH3 is 1. The van der Waals surface area contributed by atoms with E-state index >= 15 is 0 Å². The van der Waals surface area contributed by atoms with E-state index in [9.17, 15) is 28.5 Å². The molecule has 1 N–H and O–H groups in total. The molecule has 3 aromatic rings. The molecule has 0 aliphatic carbocycles. The quantitative estimate of drug-likeness (QED) is 0.287. The van der Waals surface area contributed by atoms with Crippen LogP contribution in [0.1, 0.15) is 43.7 Å². The van der Waals surface area contributed by atoms with Crippen molar-refractivity contribution in [2.75, 3.05) is 25.7 Å². The first-order valence-corrected chi connectivity index (χ1v) is 12.1. The van der Waals surface area contributed by atoms with E-state index in [2.05, 4.69) is 20.1 Å². The molecule has 0 saturated heterocycles.